The highest BCUT2D eigenvalue weighted by atomic mass is 29.2. The van der Waals surface area contributed by atoms with Gasteiger partial charge in [0, 0.05) is 7.11 Å². The van der Waals surface area contributed by atoms with Gasteiger partial charge in [-0.3, -0.25) is 0 Å². The molecule has 0 unspecified atom stereocenters. The monoisotopic (exact) mass is 148 g/mol. The quantitative estimate of drug-likeness (QED) is 0.541. The van der Waals surface area contributed by atoms with Crippen LogP contribution in [0.4, 0.5) is 0 Å². The Hall–Kier alpha value is 0.394. The normalized spacial score (nSPS) is 13.5. The van der Waals surface area contributed by atoms with Gasteiger partial charge in [-0.05, 0) is 0 Å². The highest BCUT2D eigenvalue weighted by Gasteiger charge is 2.17. The van der Waals surface area contributed by atoms with Crippen molar-refractivity contribution in [3.63, 3.8) is 0 Å². The van der Waals surface area contributed by atoms with Gasteiger partial charge in [-0.25, -0.2) is 0 Å². The fourth-order valence-electron chi connectivity index (χ4n) is 0.493. The van der Waals surface area contributed by atoms with Crippen LogP contribution in [-0.2, 0) is 4.43 Å². The molecule has 0 radical (unpaired) electrons. The SMILES string of the molecule is CC[Si](C)(C)[SiH2]OC. The van der Waals surface area contributed by atoms with Crippen LogP contribution in [0.5, 0.6) is 0 Å². The van der Waals surface area contributed by atoms with Crippen molar-refractivity contribution < 1.29 is 4.43 Å². The standard InChI is InChI=1S/C5H16OSi2/c1-5-8(3,4)7-6-2/h5,7H2,1-4H3. The zero-order chi connectivity index (χ0) is 6.62. The molecule has 0 aromatic rings. The second-order valence-electron chi connectivity index (χ2n) is 2.95. The Morgan fingerprint density at radius 1 is 1.50 bits per heavy atom. The topological polar surface area (TPSA) is 9.23 Å². The summed E-state index contributed by atoms with van der Waals surface area (Å²) in [7, 11) is 0.972. The van der Waals surface area contributed by atoms with E-state index in [4.69, 9.17) is 4.43 Å². The molecule has 0 rings (SSSR count). The van der Waals surface area contributed by atoms with Gasteiger partial charge in [0.2, 0.25) is 0 Å². The summed E-state index contributed by atoms with van der Waals surface area (Å²) >= 11 is 0. The Balaban J connectivity index is 3.37. The van der Waals surface area contributed by atoms with Gasteiger partial charge in [-0.1, -0.05) is 26.1 Å². The molecule has 0 aromatic heterocycles. The molecule has 0 fully saturated rings. The van der Waals surface area contributed by atoms with Crippen molar-refractivity contribution in [2.24, 2.45) is 0 Å². The average Bonchev–Trinajstić information content (AvgIpc) is 1.67. The highest BCUT2D eigenvalue weighted by molar-refractivity contribution is 7.21. The highest BCUT2D eigenvalue weighted by Crippen LogP contribution is 2.04. The first kappa shape index (κ1) is 8.39. The maximum Gasteiger partial charge on any atom is 0.150 e. The molecule has 0 aliphatic rings. The maximum absolute atomic E-state index is 5.20. The summed E-state index contributed by atoms with van der Waals surface area (Å²) in [6, 6.07) is 1.38. The lowest BCUT2D eigenvalue weighted by atomic mass is 11.0. The Bertz CT molecular complexity index is 63.4. The molecule has 0 spiro atoms. The van der Waals surface area contributed by atoms with Gasteiger partial charge < -0.3 is 4.43 Å². The van der Waals surface area contributed by atoms with Crippen LogP contribution < -0.4 is 0 Å². The first-order chi connectivity index (χ1) is 3.62. The van der Waals surface area contributed by atoms with E-state index in [1.807, 2.05) is 7.11 Å². The van der Waals surface area contributed by atoms with Gasteiger partial charge in [-0.2, -0.15) is 0 Å². The molecule has 1 nitrogen and oxygen atoms in total. The van der Waals surface area contributed by atoms with E-state index in [-0.39, 0.29) is 9.28 Å². The molecule has 0 bridgehead atoms. The number of hydrogen-bond acceptors (Lipinski definition) is 1. The molecule has 0 heterocycles. The van der Waals surface area contributed by atoms with E-state index in [0.717, 1.165) is 0 Å². The van der Waals surface area contributed by atoms with E-state index < -0.39 is 7.59 Å². The van der Waals surface area contributed by atoms with Gasteiger partial charge in [0.05, 0.1) is 7.59 Å². The van der Waals surface area contributed by atoms with Crippen molar-refractivity contribution in [1.82, 2.24) is 0 Å². The van der Waals surface area contributed by atoms with Crippen molar-refractivity contribution in [1.29, 1.82) is 0 Å². The smallest absolute Gasteiger partial charge is 0.150 e. The molecule has 3 heteroatoms. The first-order valence-corrected chi connectivity index (χ1v) is 9.22. The molecular weight excluding hydrogens is 132 g/mol. The van der Waals surface area contributed by atoms with Crippen LogP contribution in [0.15, 0.2) is 0 Å². The first-order valence-electron chi connectivity index (χ1n) is 3.11. The van der Waals surface area contributed by atoms with Crippen molar-refractivity contribution in [2.75, 3.05) is 7.11 Å². The maximum atomic E-state index is 5.20. The predicted octanol–water partition coefficient (Wildman–Crippen LogP) is 0.942. The summed E-state index contributed by atoms with van der Waals surface area (Å²) in [5.74, 6) is 0. The van der Waals surface area contributed by atoms with E-state index in [2.05, 4.69) is 20.0 Å². The second kappa shape index (κ2) is 3.43. The van der Waals surface area contributed by atoms with Crippen molar-refractivity contribution in [2.45, 2.75) is 26.1 Å². The Morgan fingerprint density at radius 2 is 2.00 bits per heavy atom. The van der Waals surface area contributed by atoms with Crippen LogP contribution in [0.1, 0.15) is 6.92 Å². The largest absolute Gasteiger partial charge is 0.430 e. The molecule has 0 aliphatic heterocycles. The fourth-order valence-corrected chi connectivity index (χ4v) is 4.44. The lowest BCUT2D eigenvalue weighted by Gasteiger charge is -2.16. The molecule has 0 N–H and O–H groups in total. The minimum absolute atomic E-state index is 0.111. The molecule has 0 aromatic carbocycles. The molecule has 0 amide bonds. The van der Waals surface area contributed by atoms with Gasteiger partial charge in [0.1, 0.15) is 9.28 Å². The summed E-state index contributed by atoms with van der Waals surface area (Å²) < 4.78 is 5.20. The van der Waals surface area contributed by atoms with E-state index in [1.54, 1.807) is 0 Å². The predicted molar refractivity (Wildman–Crippen MR) is 43.5 cm³/mol. The van der Waals surface area contributed by atoms with Crippen molar-refractivity contribution in [3.8, 4) is 0 Å². The molecule has 0 saturated heterocycles. The van der Waals surface area contributed by atoms with Gasteiger partial charge in [0.25, 0.3) is 0 Å². The third-order valence-electron chi connectivity index (χ3n) is 1.49. The van der Waals surface area contributed by atoms with Crippen LogP contribution in [0.2, 0.25) is 19.1 Å². The fraction of sp³-hybridized carbons (Fsp3) is 1.00. The van der Waals surface area contributed by atoms with Crippen LogP contribution >= 0.6 is 0 Å². The van der Waals surface area contributed by atoms with E-state index in [9.17, 15) is 0 Å². The molecular formula is C5H16OSi2. The number of hydrogen-bond donors (Lipinski definition) is 0. The third kappa shape index (κ3) is 3.40. The lowest BCUT2D eigenvalue weighted by molar-refractivity contribution is 0.452. The van der Waals surface area contributed by atoms with Crippen molar-refractivity contribution in [3.05, 3.63) is 0 Å². The number of rotatable bonds is 3. The Kier molecular flexibility index (Phi) is 3.59. The van der Waals surface area contributed by atoms with Gasteiger partial charge in [-0.15, -0.1) is 0 Å². The minimum atomic E-state index is -0.761. The molecule has 8 heavy (non-hydrogen) atoms. The Labute approximate surface area is 55.2 Å². The summed E-state index contributed by atoms with van der Waals surface area (Å²) in [6.45, 7) is 7.09. The summed E-state index contributed by atoms with van der Waals surface area (Å²) in [4.78, 5) is 0. The molecule has 0 atom stereocenters. The molecule has 0 aliphatic carbocycles. The van der Waals surface area contributed by atoms with E-state index in [0.29, 0.717) is 0 Å². The van der Waals surface area contributed by atoms with Crippen LogP contribution in [-0.4, -0.2) is 24.0 Å². The summed E-state index contributed by atoms with van der Waals surface area (Å²) in [5, 5.41) is 0. The minimum Gasteiger partial charge on any atom is -0.430 e. The van der Waals surface area contributed by atoms with Crippen LogP contribution in [0, 0.1) is 0 Å². The second-order valence-corrected chi connectivity index (χ2v) is 15.5. The van der Waals surface area contributed by atoms with E-state index >= 15 is 0 Å². The van der Waals surface area contributed by atoms with Gasteiger partial charge in [0.15, 0.2) is 0 Å². The summed E-state index contributed by atoms with van der Waals surface area (Å²) in [5.41, 5.74) is 0. The van der Waals surface area contributed by atoms with Crippen molar-refractivity contribution >= 4 is 16.9 Å². The average molecular weight is 148 g/mol. The molecule has 0 saturated carbocycles. The van der Waals surface area contributed by atoms with Gasteiger partial charge >= 0.3 is 0 Å². The van der Waals surface area contributed by atoms with E-state index in [1.165, 1.54) is 6.04 Å². The molecule has 50 valence electrons. The van der Waals surface area contributed by atoms with Crippen LogP contribution in [0.25, 0.3) is 0 Å². The Morgan fingerprint density at radius 3 is 2.12 bits per heavy atom. The van der Waals surface area contributed by atoms with Crippen LogP contribution in [0.3, 0.4) is 0 Å². The zero-order valence-corrected chi connectivity index (χ0v) is 8.74. The third-order valence-corrected chi connectivity index (χ3v) is 9.19. The summed E-state index contributed by atoms with van der Waals surface area (Å²) in [6.07, 6.45) is 0. The lowest BCUT2D eigenvalue weighted by Crippen LogP contribution is -2.34. The zero-order valence-electron chi connectivity index (χ0n) is 6.32.